The van der Waals surface area contributed by atoms with Gasteiger partial charge in [-0.15, -0.1) is 0 Å². The number of hydrogen-bond donors (Lipinski definition) is 1. The molecule has 0 saturated carbocycles. The summed E-state index contributed by atoms with van der Waals surface area (Å²) in [6.45, 7) is 0. The lowest BCUT2D eigenvalue weighted by Gasteiger charge is -2.07. The highest BCUT2D eigenvalue weighted by molar-refractivity contribution is 5.47. The van der Waals surface area contributed by atoms with Gasteiger partial charge in [-0.05, 0) is 12.1 Å². The lowest BCUT2D eigenvalue weighted by Crippen LogP contribution is -2.07. The Morgan fingerprint density at radius 2 is 1.82 bits per heavy atom. The number of hydrogen-bond acceptors (Lipinski definition) is 1. The van der Waals surface area contributed by atoms with E-state index in [1.165, 1.54) is 0 Å². The monoisotopic (exact) mass is 165 g/mol. The first kappa shape index (κ1) is 3.99. The van der Waals surface area contributed by atoms with E-state index < -0.39 is 41.6 Å². The average Bonchev–Trinajstić information content (AvgIpc) is 2.09. The van der Waals surface area contributed by atoms with Crippen LogP contribution in [0.3, 0.4) is 0 Å². The van der Waals surface area contributed by atoms with E-state index in [1.54, 1.807) is 0 Å². The van der Waals surface area contributed by atoms with Gasteiger partial charge in [0, 0.05) is 5.69 Å². The van der Waals surface area contributed by atoms with Crippen molar-refractivity contribution in [3.63, 3.8) is 0 Å². The van der Waals surface area contributed by atoms with Gasteiger partial charge >= 0.3 is 6.18 Å². The first-order valence-electron chi connectivity index (χ1n) is 4.61. The molecule has 1 aromatic rings. The van der Waals surface area contributed by atoms with Gasteiger partial charge in [-0.1, -0.05) is 12.1 Å². The Morgan fingerprint density at radius 1 is 1.27 bits per heavy atom. The van der Waals surface area contributed by atoms with Crippen molar-refractivity contribution in [1.82, 2.24) is 0 Å². The highest BCUT2D eigenvalue weighted by Crippen LogP contribution is 2.32. The number of para-hydroxylation sites is 1. The van der Waals surface area contributed by atoms with Gasteiger partial charge in [-0.25, -0.2) is 0 Å². The molecule has 1 nitrogen and oxygen atoms in total. The van der Waals surface area contributed by atoms with Gasteiger partial charge in [0.1, 0.15) is 0 Å². The molecule has 0 aliphatic rings. The second-order valence-corrected chi connectivity index (χ2v) is 1.79. The molecule has 1 rings (SSSR count). The van der Waals surface area contributed by atoms with Crippen LogP contribution < -0.4 is 5.73 Å². The molecule has 0 fully saturated rings. The third-order valence-corrected chi connectivity index (χ3v) is 1.000. The number of nitrogen functional groups attached to an aromatic ring is 1. The maximum atomic E-state index is 12.4. The fraction of sp³-hybridized carbons (Fsp3) is 0.143. The molecule has 0 unspecified atom stereocenters. The molecule has 0 aliphatic heterocycles. The molecule has 0 bridgehead atoms. The minimum absolute atomic E-state index is 0.773. The number of halogens is 3. The normalized spacial score (nSPS) is 16.6. The maximum absolute atomic E-state index is 12.4. The van der Waals surface area contributed by atoms with Crippen molar-refractivity contribution < 1.29 is 18.7 Å². The number of anilines is 1. The molecule has 0 radical (unpaired) electrons. The minimum Gasteiger partial charge on any atom is -0.398 e. The smallest absolute Gasteiger partial charge is 0.398 e. The first-order valence-corrected chi connectivity index (χ1v) is 2.61. The van der Waals surface area contributed by atoms with Crippen LogP contribution >= 0.6 is 0 Å². The van der Waals surface area contributed by atoms with Crippen LogP contribution in [0.1, 0.15) is 11.0 Å². The Hall–Kier alpha value is -1.19. The van der Waals surface area contributed by atoms with Crippen LogP contribution in [0.5, 0.6) is 0 Å². The summed E-state index contributed by atoms with van der Waals surface area (Å²) in [4.78, 5) is 0. The second-order valence-electron chi connectivity index (χ2n) is 1.79. The van der Waals surface area contributed by atoms with E-state index >= 15 is 0 Å². The van der Waals surface area contributed by atoms with Gasteiger partial charge in [0.05, 0.1) is 11.0 Å². The summed E-state index contributed by atoms with van der Waals surface area (Å²) >= 11 is 0. The Bertz CT molecular complexity index is 387. The topological polar surface area (TPSA) is 26.0 Å². The molecule has 1 aromatic carbocycles. The molecule has 4 heteroatoms. The van der Waals surface area contributed by atoms with Gasteiger partial charge in [0.15, 0.2) is 0 Å². The minimum atomic E-state index is -4.89. The molecule has 0 spiro atoms. The van der Waals surface area contributed by atoms with E-state index in [0.717, 1.165) is 0 Å². The zero-order valence-corrected chi connectivity index (χ0v) is 5.21. The van der Waals surface area contributed by atoms with Crippen molar-refractivity contribution in [1.29, 1.82) is 0 Å². The Morgan fingerprint density at radius 3 is 2.36 bits per heavy atom. The van der Waals surface area contributed by atoms with Gasteiger partial charge < -0.3 is 5.73 Å². The van der Waals surface area contributed by atoms with Crippen LogP contribution in [0.2, 0.25) is 0 Å². The van der Waals surface area contributed by atoms with E-state index in [0.29, 0.717) is 0 Å². The number of rotatable bonds is 0. The molecule has 0 amide bonds. The highest BCUT2D eigenvalue weighted by Gasteiger charge is 2.32. The Balaban J connectivity index is 3.68. The van der Waals surface area contributed by atoms with E-state index in [2.05, 4.69) is 0 Å². The summed E-state index contributed by atoms with van der Waals surface area (Å²) in [6.07, 6.45) is -4.89. The Kier molecular flexibility index (Phi) is 0.889. The van der Waals surface area contributed by atoms with Gasteiger partial charge in [0.25, 0.3) is 0 Å². The molecule has 60 valence electrons. The van der Waals surface area contributed by atoms with Crippen molar-refractivity contribution >= 4 is 5.69 Å². The van der Waals surface area contributed by atoms with Crippen LogP contribution in [0, 0.1) is 0 Å². The fourth-order valence-corrected chi connectivity index (χ4v) is 0.546. The molecule has 0 saturated heterocycles. The van der Waals surface area contributed by atoms with Gasteiger partial charge in [0.2, 0.25) is 0 Å². The van der Waals surface area contributed by atoms with Gasteiger partial charge in [-0.2, -0.15) is 13.2 Å². The number of nitrogens with two attached hydrogens (primary N) is 1. The summed E-state index contributed by atoms with van der Waals surface area (Å²) in [7, 11) is 0. The summed E-state index contributed by atoms with van der Waals surface area (Å²) in [5, 5.41) is 0. The van der Waals surface area contributed by atoms with E-state index in [9.17, 15) is 13.2 Å². The van der Waals surface area contributed by atoms with Crippen LogP contribution in [0.15, 0.2) is 24.2 Å². The molecule has 0 heterocycles. The molecule has 2 N–H and O–H groups in total. The number of benzene rings is 1. The number of alkyl halides is 3. The zero-order valence-electron chi connectivity index (χ0n) is 9.21. The molecule has 0 aromatic heterocycles. The fourth-order valence-electron chi connectivity index (χ4n) is 0.546. The third kappa shape index (κ3) is 1.63. The standard InChI is InChI=1S/C7H6F3N/c8-7(9,10)5-3-1-2-4-6(5)11/h1-4H,11H2/i1D,2D,3D,4D. The molecular weight excluding hydrogens is 155 g/mol. The van der Waals surface area contributed by atoms with Crippen LogP contribution in [0.4, 0.5) is 18.9 Å². The Labute approximate surface area is 67.3 Å². The van der Waals surface area contributed by atoms with Crippen LogP contribution in [0.25, 0.3) is 0 Å². The molecular formula is C7H6F3N. The van der Waals surface area contributed by atoms with Gasteiger partial charge in [-0.3, -0.25) is 0 Å². The predicted octanol–water partition coefficient (Wildman–Crippen LogP) is 2.29. The van der Waals surface area contributed by atoms with Crippen molar-refractivity contribution in [3.05, 3.63) is 29.7 Å². The first-order chi connectivity index (χ1) is 6.68. The summed E-state index contributed by atoms with van der Waals surface area (Å²) in [5.41, 5.74) is 2.51. The van der Waals surface area contributed by atoms with Crippen LogP contribution in [-0.4, -0.2) is 0 Å². The van der Waals surface area contributed by atoms with Crippen molar-refractivity contribution in [2.45, 2.75) is 6.18 Å². The maximum Gasteiger partial charge on any atom is 0.418 e. The van der Waals surface area contributed by atoms with Crippen molar-refractivity contribution in [2.75, 3.05) is 5.73 Å². The zero-order chi connectivity index (χ0) is 12.0. The van der Waals surface area contributed by atoms with E-state index in [4.69, 9.17) is 11.2 Å². The van der Waals surface area contributed by atoms with Crippen LogP contribution in [-0.2, 0) is 6.18 Å². The lowest BCUT2D eigenvalue weighted by molar-refractivity contribution is -0.136. The second kappa shape index (κ2) is 2.45. The molecule has 0 aliphatic carbocycles. The van der Waals surface area contributed by atoms with Crippen molar-refractivity contribution in [2.24, 2.45) is 0 Å². The summed E-state index contributed by atoms with van der Waals surface area (Å²) in [5.74, 6) is 0. The molecule has 11 heavy (non-hydrogen) atoms. The SMILES string of the molecule is [2H]c1c([2H])c([2H])c(C(F)(F)F)c(N)c1[2H]. The highest BCUT2D eigenvalue weighted by atomic mass is 19.4. The largest absolute Gasteiger partial charge is 0.418 e. The predicted molar refractivity (Wildman–Crippen MR) is 35.9 cm³/mol. The third-order valence-electron chi connectivity index (χ3n) is 1.000. The molecule has 0 atom stereocenters. The lowest BCUT2D eigenvalue weighted by atomic mass is 10.2. The summed E-state index contributed by atoms with van der Waals surface area (Å²) < 4.78 is 65.4. The average molecular weight is 165 g/mol. The summed E-state index contributed by atoms with van der Waals surface area (Å²) in [6, 6.07) is -3.75. The quantitative estimate of drug-likeness (QED) is 0.586. The van der Waals surface area contributed by atoms with Crippen molar-refractivity contribution in [3.8, 4) is 0 Å². The van der Waals surface area contributed by atoms with E-state index in [1.807, 2.05) is 0 Å². The van der Waals surface area contributed by atoms with E-state index in [-0.39, 0.29) is 0 Å².